The second-order valence-corrected chi connectivity index (χ2v) is 5.70. The van der Waals surface area contributed by atoms with Gasteiger partial charge in [-0.05, 0) is 35.6 Å². The van der Waals surface area contributed by atoms with Crippen LogP contribution < -0.4 is 0 Å². The highest BCUT2D eigenvalue weighted by Crippen LogP contribution is 2.35. The van der Waals surface area contributed by atoms with Crippen LogP contribution in [0.5, 0.6) is 0 Å². The second kappa shape index (κ2) is 6.31. The van der Waals surface area contributed by atoms with Crippen LogP contribution in [-0.2, 0) is 15.5 Å². The molecule has 0 aromatic heterocycles. The van der Waals surface area contributed by atoms with Crippen molar-refractivity contribution in [2.75, 3.05) is 6.61 Å². The summed E-state index contributed by atoms with van der Waals surface area (Å²) in [5, 5.41) is 2.43. The lowest BCUT2D eigenvalue weighted by molar-refractivity contribution is 0.194. The molecule has 2 aromatic rings. The predicted octanol–water partition coefficient (Wildman–Crippen LogP) is 3.27. The van der Waals surface area contributed by atoms with Gasteiger partial charge in [-0.1, -0.05) is 42.5 Å². The van der Waals surface area contributed by atoms with Gasteiger partial charge in [0, 0.05) is 0 Å². The average Bonchev–Trinajstić information content (AvgIpc) is 2.37. The van der Waals surface area contributed by atoms with Gasteiger partial charge in [-0.2, -0.15) is 0 Å². The molecule has 0 bridgehead atoms. The van der Waals surface area contributed by atoms with Crippen LogP contribution in [0.4, 0.5) is 0 Å². The molecule has 2 rings (SSSR count). The number of phosphoric ester groups is 1. The van der Waals surface area contributed by atoms with Crippen LogP contribution in [0.15, 0.2) is 42.5 Å². The molecule has 0 amide bonds. The molecule has 0 saturated carbocycles. The van der Waals surface area contributed by atoms with E-state index in [9.17, 15) is 4.57 Å². The molecule has 0 saturated heterocycles. The van der Waals surface area contributed by atoms with E-state index in [0.29, 0.717) is 6.42 Å². The summed E-state index contributed by atoms with van der Waals surface area (Å²) in [6.45, 7) is 0.0951. The zero-order valence-corrected chi connectivity index (χ0v) is 11.4. The van der Waals surface area contributed by atoms with Crippen LogP contribution in [0.3, 0.4) is 0 Å². The van der Waals surface area contributed by atoms with E-state index in [2.05, 4.69) is 34.9 Å². The van der Waals surface area contributed by atoms with Crippen molar-refractivity contribution in [2.24, 2.45) is 0 Å². The van der Waals surface area contributed by atoms with Gasteiger partial charge in [0.1, 0.15) is 0 Å². The van der Waals surface area contributed by atoms with Crippen molar-refractivity contribution in [2.45, 2.75) is 19.3 Å². The molecule has 0 aliphatic carbocycles. The topological polar surface area (TPSA) is 66.8 Å². The molecule has 0 heterocycles. The molecule has 0 spiro atoms. The predicted molar refractivity (Wildman–Crippen MR) is 74.9 cm³/mol. The Labute approximate surface area is 112 Å². The fourth-order valence-corrected chi connectivity index (χ4v) is 2.38. The molecule has 0 radical (unpaired) electrons. The second-order valence-electron chi connectivity index (χ2n) is 4.46. The third kappa shape index (κ3) is 4.77. The van der Waals surface area contributed by atoms with E-state index >= 15 is 0 Å². The summed E-state index contributed by atoms with van der Waals surface area (Å²) in [5.41, 5.74) is 1.23. The van der Waals surface area contributed by atoms with Gasteiger partial charge in [0.05, 0.1) is 6.61 Å². The van der Waals surface area contributed by atoms with Crippen molar-refractivity contribution in [3.05, 3.63) is 48.0 Å². The maximum atomic E-state index is 10.5. The number of fused-ring (bicyclic) bond motifs is 1. The van der Waals surface area contributed by atoms with Gasteiger partial charge in [0.25, 0.3) is 0 Å². The highest BCUT2D eigenvalue weighted by atomic mass is 31.2. The van der Waals surface area contributed by atoms with E-state index in [-0.39, 0.29) is 6.61 Å². The monoisotopic (exact) mass is 280 g/mol. The first-order valence-electron chi connectivity index (χ1n) is 6.22. The molecule has 0 aliphatic heterocycles. The first kappa shape index (κ1) is 14.2. The maximum absolute atomic E-state index is 10.5. The lowest BCUT2D eigenvalue weighted by Gasteiger charge is -2.06. The molecule has 0 unspecified atom stereocenters. The minimum atomic E-state index is -4.31. The number of aryl methyl sites for hydroxylation is 1. The third-order valence-electron chi connectivity index (χ3n) is 2.93. The van der Waals surface area contributed by atoms with E-state index in [1.807, 2.05) is 12.1 Å². The Morgan fingerprint density at radius 1 is 1.00 bits per heavy atom. The van der Waals surface area contributed by atoms with E-state index in [1.165, 1.54) is 16.3 Å². The largest absolute Gasteiger partial charge is 0.469 e. The quantitative estimate of drug-likeness (QED) is 0.629. The normalized spacial score (nSPS) is 11.9. The summed E-state index contributed by atoms with van der Waals surface area (Å²) in [7, 11) is -4.31. The molecule has 19 heavy (non-hydrogen) atoms. The summed E-state index contributed by atoms with van der Waals surface area (Å²) >= 11 is 0. The lowest BCUT2D eigenvalue weighted by Crippen LogP contribution is -1.94. The number of phosphoric acid groups is 1. The fraction of sp³-hybridized carbons (Fsp3) is 0.286. The molecular formula is C14H17O4P. The molecule has 2 aromatic carbocycles. The number of rotatable bonds is 6. The van der Waals surface area contributed by atoms with Crippen LogP contribution in [0.2, 0.25) is 0 Å². The van der Waals surface area contributed by atoms with Crippen LogP contribution in [0, 0.1) is 0 Å². The van der Waals surface area contributed by atoms with Gasteiger partial charge in [0.2, 0.25) is 0 Å². The Morgan fingerprint density at radius 3 is 2.47 bits per heavy atom. The highest BCUT2D eigenvalue weighted by Gasteiger charge is 2.12. The van der Waals surface area contributed by atoms with E-state index in [4.69, 9.17) is 9.79 Å². The number of unbranched alkanes of at least 4 members (excludes halogenated alkanes) is 1. The minimum Gasteiger partial charge on any atom is -0.303 e. The number of hydrogen-bond acceptors (Lipinski definition) is 2. The van der Waals surface area contributed by atoms with Crippen molar-refractivity contribution >= 4 is 18.6 Å². The first-order valence-corrected chi connectivity index (χ1v) is 7.75. The van der Waals surface area contributed by atoms with E-state index in [1.54, 1.807) is 0 Å². The average molecular weight is 280 g/mol. The minimum absolute atomic E-state index is 0.0951. The molecule has 4 nitrogen and oxygen atoms in total. The summed E-state index contributed by atoms with van der Waals surface area (Å²) in [6, 6.07) is 14.5. The molecule has 5 heteroatoms. The van der Waals surface area contributed by atoms with Gasteiger partial charge >= 0.3 is 7.82 Å². The van der Waals surface area contributed by atoms with E-state index in [0.717, 1.165) is 12.8 Å². The van der Waals surface area contributed by atoms with Gasteiger partial charge in [-0.3, -0.25) is 4.52 Å². The lowest BCUT2D eigenvalue weighted by atomic mass is 10.0. The Kier molecular flexibility index (Phi) is 4.72. The zero-order chi connectivity index (χ0) is 13.7. The molecule has 102 valence electrons. The maximum Gasteiger partial charge on any atom is 0.469 e. The summed E-state index contributed by atoms with van der Waals surface area (Å²) < 4.78 is 14.9. The standard InChI is InChI=1S/C14H17O4P/c15-19(16,17)18-10-4-3-5-12-8-9-13-6-1-2-7-14(13)11-12/h1-2,6-9,11H,3-5,10H2,(H2,15,16,17). The summed E-state index contributed by atoms with van der Waals surface area (Å²) in [5.74, 6) is 0. The first-order chi connectivity index (χ1) is 9.04. The van der Waals surface area contributed by atoms with Gasteiger partial charge in [-0.15, -0.1) is 0 Å². The van der Waals surface area contributed by atoms with Crippen molar-refractivity contribution in [1.82, 2.24) is 0 Å². The fourth-order valence-electron chi connectivity index (χ4n) is 2.01. The van der Waals surface area contributed by atoms with Crippen molar-refractivity contribution < 1.29 is 18.9 Å². The van der Waals surface area contributed by atoms with Crippen molar-refractivity contribution in [3.63, 3.8) is 0 Å². The number of hydrogen-bond donors (Lipinski definition) is 2. The Balaban J connectivity index is 1.83. The van der Waals surface area contributed by atoms with Gasteiger partial charge in [0.15, 0.2) is 0 Å². The van der Waals surface area contributed by atoms with E-state index < -0.39 is 7.82 Å². The van der Waals surface area contributed by atoms with Crippen LogP contribution in [-0.4, -0.2) is 16.4 Å². The third-order valence-corrected chi connectivity index (χ3v) is 3.45. The molecule has 0 fully saturated rings. The SMILES string of the molecule is O=P(O)(O)OCCCCc1ccc2ccccc2c1. The summed E-state index contributed by atoms with van der Waals surface area (Å²) in [4.78, 5) is 17.1. The van der Waals surface area contributed by atoms with Crippen LogP contribution in [0.1, 0.15) is 18.4 Å². The molecule has 2 N–H and O–H groups in total. The van der Waals surface area contributed by atoms with Crippen molar-refractivity contribution in [3.8, 4) is 0 Å². The van der Waals surface area contributed by atoms with Crippen molar-refractivity contribution in [1.29, 1.82) is 0 Å². The Morgan fingerprint density at radius 2 is 1.74 bits per heavy atom. The van der Waals surface area contributed by atoms with Crippen LogP contribution in [0.25, 0.3) is 10.8 Å². The van der Waals surface area contributed by atoms with Gasteiger partial charge < -0.3 is 9.79 Å². The zero-order valence-electron chi connectivity index (χ0n) is 10.5. The Hall–Kier alpha value is -1.19. The Bertz CT molecular complexity index is 591. The molecular weight excluding hydrogens is 263 g/mol. The van der Waals surface area contributed by atoms with Gasteiger partial charge in [-0.25, -0.2) is 4.57 Å². The highest BCUT2D eigenvalue weighted by molar-refractivity contribution is 7.46. The smallest absolute Gasteiger partial charge is 0.303 e. The number of benzene rings is 2. The van der Waals surface area contributed by atoms with Crippen LogP contribution >= 0.6 is 7.82 Å². The molecule has 0 aliphatic rings. The molecule has 0 atom stereocenters. The summed E-state index contributed by atoms with van der Waals surface area (Å²) in [6.07, 6.45) is 2.37.